The molecule has 154 valence electrons. The maximum absolute atomic E-state index is 13.0. The quantitative estimate of drug-likeness (QED) is 0.599. The monoisotopic (exact) mass is 414 g/mol. The van der Waals surface area contributed by atoms with Gasteiger partial charge in [-0.2, -0.15) is 0 Å². The molecule has 1 N–H and O–H groups in total. The van der Waals surface area contributed by atoms with Crippen molar-refractivity contribution in [1.29, 1.82) is 0 Å². The maximum Gasteiger partial charge on any atom is 0.265 e. The predicted octanol–water partition coefficient (Wildman–Crippen LogP) is 3.87. The van der Waals surface area contributed by atoms with Crippen molar-refractivity contribution in [2.45, 2.75) is 18.2 Å². The molecule has 1 amide bonds. The fraction of sp³-hybridized carbons (Fsp3) is 0.227. The number of nitrogens with zero attached hydrogens (tertiary/aromatic N) is 1. The minimum absolute atomic E-state index is 0.109. The van der Waals surface area contributed by atoms with E-state index in [1.165, 1.54) is 30.2 Å². The highest BCUT2D eigenvalue weighted by molar-refractivity contribution is 7.92. The lowest BCUT2D eigenvalue weighted by molar-refractivity contribution is 0.0790. The van der Waals surface area contributed by atoms with Crippen LogP contribution < -0.4 is 9.46 Å². The third-order valence-corrected chi connectivity index (χ3v) is 5.70. The predicted molar refractivity (Wildman–Crippen MR) is 116 cm³/mol. The summed E-state index contributed by atoms with van der Waals surface area (Å²) in [6.45, 7) is 9.96. The first-order valence-electron chi connectivity index (χ1n) is 9.17. The summed E-state index contributed by atoms with van der Waals surface area (Å²) in [4.78, 5) is 14.2. The number of benzene rings is 2. The number of carbonyl (C=O) groups is 1. The molecule has 0 aliphatic rings. The number of aryl methyl sites for hydroxylation is 1. The van der Waals surface area contributed by atoms with E-state index in [4.69, 9.17) is 4.74 Å². The Bertz CT molecular complexity index is 972. The molecule has 2 aromatic rings. The molecule has 2 aromatic carbocycles. The standard InChI is InChI=1S/C22H26N2O4S/c1-5-14-24(15-6-2)22(25)18-10-13-20(28-4)21(16-18)29(26,27)23-19-11-8-17(7-3)9-12-19/h5-6,8-13,16,23H,1-2,7,14-15H2,3-4H3. The lowest BCUT2D eigenvalue weighted by Gasteiger charge is -2.20. The average Bonchev–Trinajstić information content (AvgIpc) is 2.73. The van der Waals surface area contributed by atoms with Crippen molar-refractivity contribution < 1.29 is 17.9 Å². The van der Waals surface area contributed by atoms with Crippen LogP contribution in [0.3, 0.4) is 0 Å². The molecule has 7 heteroatoms. The molecule has 6 nitrogen and oxygen atoms in total. The molecule has 0 unspecified atom stereocenters. The number of sulfonamides is 1. The van der Waals surface area contributed by atoms with Gasteiger partial charge in [0.15, 0.2) is 0 Å². The van der Waals surface area contributed by atoms with Crippen LogP contribution in [0.2, 0.25) is 0 Å². The largest absolute Gasteiger partial charge is 0.495 e. The molecule has 0 heterocycles. The summed E-state index contributed by atoms with van der Waals surface area (Å²) >= 11 is 0. The van der Waals surface area contributed by atoms with Crippen molar-refractivity contribution >= 4 is 21.6 Å². The minimum atomic E-state index is -3.97. The Balaban J connectivity index is 2.41. The second kappa shape index (κ2) is 9.93. The van der Waals surface area contributed by atoms with Gasteiger partial charge in [-0.05, 0) is 42.3 Å². The summed E-state index contributed by atoms with van der Waals surface area (Å²) in [5.74, 6) is -0.172. The van der Waals surface area contributed by atoms with Crippen LogP contribution in [-0.2, 0) is 16.4 Å². The number of hydrogen-bond donors (Lipinski definition) is 1. The van der Waals surface area contributed by atoms with Gasteiger partial charge in [0.2, 0.25) is 0 Å². The van der Waals surface area contributed by atoms with Crippen LogP contribution in [0.15, 0.2) is 72.7 Å². The van der Waals surface area contributed by atoms with E-state index in [9.17, 15) is 13.2 Å². The van der Waals surface area contributed by atoms with Crippen molar-refractivity contribution in [2.24, 2.45) is 0 Å². The number of rotatable bonds is 10. The zero-order valence-corrected chi connectivity index (χ0v) is 17.5. The van der Waals surface area contributed by atoms with Gasteiger partial charge in [-0.15, -0.1) is 13.2 Å². The summed E-state index contributed by atoms with van der Waals surface area (Å²) < 4.78 is 33.7. The molecule has 2 rings (SSSR count). The van der Waals surface area contributed by atoms with Crippen LogP contribution in [0.1, 0.15) is 22.8 Å². The highest BCUT2D eigenvalue weighted by Crippen LogP contribution is 2.27. The number of anilines is 1. The molecule has 0 saturated carbocycles. The van der Waals surface area contributed by atoms with Crippen molar-refractivity contribution in [2.75, 3.05) is 24.9 Å². The summed E-state index contributed by atoms with van der Waals surface area (Å²) in [5.41, 5.74) is 1.76. The van der Waals surface area contributed by atoms with E-state index < -0.39 is 10.0 Å². The number of hydrogen-bond acceptors (Lipinski definition) is 4. The van der Waals surface area contributed by atoms with Gasteiger partial charge in [-0.25, -0.2) is 8.42 Å². The molecule has 0 aliphatic carbocycles. The Labute approximate surface area is 172 Å². The van der Waals surface area contributed by atoms with Crippen LogP contribution in [0, 0.1) is 0 Å². The van der Waals surface area contributed by atoms with Gasteiger partial charge in [0, 0.05) is 24.3 Å². The van der Waals surface area contributed by atoms with E-state index in [2.05, 4.69) is 17.9 Å². The average molecular weight is 415 g/mol. The first-order valence-corrected chi connectivity index (χ1v) is 10.7. The van der Waals surface area contributed by atoms with E-state index in [1.54, 1.807) is 24.3 Å². The molecule has 0 atom stereocenters. The van der Waals surface area contributed by atoms with Crippen LogP contribution in [0.25, 0.3) is 0 Å². The van der Waals surface area contributed by atoms with Crippen LogP contribution in [0.4, 0.5) is 5.69 Å². The summed E-state index contributed by atoms with van der Waals surface area (Å²) in [7, 11) is -2.59. The van der Waals surface area contributed by atoms with E-state index in [-0.39, 0.29) is 22.1 Å². The van der Waals surface area contributed by atoms with Gasteiger partial charge in [-0.1, -0.05) is 31.2 Å². The smallest absolute Gasteiger partial charge is 0.265 e. The molecule has 0 fully saturated rings. The van der Waals surface area contributed by atoms with E-state index in [0.717, 1.165) is 12.0 Å². The number of carbonyl (C=O) groups excluding carboxylic acids is 1. The lowest BCUT2D eigenvalue weighted by atomic mass is 10.2. The molecule has 0 spiro atoms. The Morgan fingerprint density at radius 3 is 2.24 bits per heavy atom. The second-order valence-electron chi connectivity index (χ2n) is 6.31. The van der Waals surface area contributed by atoms with Crippen molar-refractivity contribution in [3.63, 3.8) is 0 Å². The Hall–Kier alpha value is -3.06. The van der Waals surface area contributed by atoms with E-state index in [0.29, 0.717) is 18.8 Å². The summed E-state index contributed by atoms with van der Waals surface area (Å²) in [6.07, 6.45) is 4.06. The molecular formula is C22H26N2O4S. The molecule has 0 radical (unpaired) electrons. The normalized spacial score (nSPS) is 10.8. The zero-order valence-electron chi connectivity index (χ0n) is 16.7. The van der Waals surface area contributed by atoms with Crippen molar-refractivity contribution in [1.82, 2.24) is 4.90 Å². The number of nitrogens with one attached hydrogen (secondary N) is 1. The molecule has 0 saturated heterocycles. The third kappa shape index (κ3) is 5.48. The number of ether oxygens (including phenoxy) is 1. The minimum Gasteiger partial charge on any atom is -0.495 e. The second-order valence-corrected chi connectivity index (χ2v) is 7.96. The van der Waals surface area contributed by atoms with Gasteiger partial charge >= 0.3 is 0 Å². The molecular weight excluding hydrogens is 388 g/mol. The van der Waals surface area contributed by atoms with E-state index >= 15 is 0 Å². The topological polar surface area (TPSA) is 75.7 Å². The lowest BCUT2D eigenvalue weighted by Crippen LogP contribution is -2.31. The van der Waals surface area contributed by atoms with Crippen molar-refractivity contribution in [3.8, 4) is 5.75 Å². The summed E-state index contributed by atoms with van der Waals surface area (Å²) in [5, 5.41) is 0. The molecule has 0 aromatic heterocycles. The Morgan fingerprint density at radius 1 is 1.10 bits per heavy atom. The Morgan fingerprint density at radius 2 is 1.72 bits per heavy atom. The fourth-order valence-electron chi connectivity index (χ4n) is 2.77. The number of methoxy groups -OCH3 is 1. The highest BCUT2D eigenvalue weighted by atomic mass is 32.2. The first kappa shape index (κ1) is 22.2. The van der Waals surface area contributed by atoms with Gasteiger partial charge in [0.1, 0.15) is 10.6 Å². The SMILES string of the molecule is C=CCN(CC=C)C(=O)c1ccc(OC)c(S(=O)(=O)Nc2ccc(CC)cc2)c1. The van der Waals surface area contributed by atoms with Crippen LogP contribution >= 0.6 is 0 Å². The van der Waals surface area contributed by atoms with Crippen LogP contribution in [0.5, 0.6) is 5.75 Å². The van der Waals surface area contributed by atoms with Crippen LogP contribution in [-0.4, -0.2) is 39.4 Å². The molecule has 29 heavy (non-hydrogen) atoms. The van der Waals surface area contributed by atoms with Crippen molar-refractivity contribution in [3.05, 3.63) is 78.9 Å². The highest BCUT2D eigenvalue weighted by Gasteiger charge is 2.23. The maximum atomic E-state index is 13.0. The third-order valence-electron chi connectivity index (χ3n) is 4.30. The zero-order chi connectivity index (χ0) is 21.4. The number of amides is 1. The van der Waals surface area contributed by atoms with Gasteiger partial charge in [-0.3, -0.25) is 9.52 Å². The Kier molecular flexibility index (Phi) is 7.61. The first-order chi connectivity index (χ1) is 13.9. The fourth-order valence-corrected chi connectivity index (χ4v) is 4.03. The van der Waals surface area contributed by atoms with Gasteiger partial charge in [0.05, 0.1) is 7.11 Å². The van der Waals surface area contributed by atoms with Gasteiger partial charge < -0.3 is 9.64 Å². The summed E-state index contributed by atoms with van der Waals surface area (Å²) in [6, 6.07) is 11.5. The molecule has 0 bridgehead atoms. The van der Waals surface area contributed by atoms with Gasteiger partial charge in [0.25, 0.3) is 15.9 Å². The molecule has 0 aliphatic heterocycles. The van der Waals surface area contributed by atoms with E-state index in [1.807, 2.05) is 19.1 Å².